The fourth-order valence-electron chi connectivity index (χ4n) is 2.13. The van der Waals surface area contributed by atoms with E-state index in [4.69, 9.17) is 5.11 Å². The van der Waals surface area contributed by atoms with Gasteiger partial charge in [-0.05, 0) is 38.3 Å². The molecule has 1 aliphatic rings. The van der Waals surface area contributed by atoms with Crippen molar-refractivity contribution in [1.82, 2.24) is 9.69 Å². The Morgan fingerprint density at radius 3 is 2.83 bits per heavy atom. The summed E-state index contributed by atoms with van der Waals surface area (Å²) in [4.78, 5) is 23.1. The first-order valence-electron chi connectivity index (χ1n) is 5.74. The zero-order chi connectivity index (χ0) is 13.3. The Morgan fingerprint density at radius 1 is 1.56 bits per heavy atom. The van der Waals surface area contributed by atoms with Crippen LogP contribution in [0.25, 0.3) is 0 Å². The van der Waals surface area contributed by atoms with Gasteiger partial charge in [0.2, 0.25) is 5.91 Å². The quantitative estimate of drug-likeness (QED) is 0.764. The highest BCUT2D eigenvalue weighted by atomic mass is 32.1. The van der Waals surface area contributed by atoms with E-state index in [0.717, 1.165) is 24.5 Å². The summed E-state index contributed by atoms with van der Waals surface area (Å²) in [6.45, 7) is 4.38. The molecule has 2 atom stereocenters. The Balaban J connectivity index is 2.14. The summed E-state index contributed by atoms with van der Waals surface area (Å²) in [7, 11) is 0. The van der Waals surface area contributed by atoms with Crippen LogP contribution in [0.2, 0.25) is 0 Å². The van der Waals surface area contributed by atoms with Crippen molar-refractivity contribution >= 4 is 28.4 Å². The molecule has 1 aliphatic heterocycles. The lowest BCUT2D eigenvalue weighted by Crippen LogP contribution is -2.32. The molecule has 1 aromatic rings. The van der Waals surface area contributed by atoms with E-state index in [0.29, 0.717) is 10.7 Å². The van der Waals surface area contributed by atoms with Gasteiger partial charge in [0.1, 0.15) is 10.6 Å². The number of carboxylic acid groups (broad SMARTS) is 1. The third-order valence-corrected chi connectivity index (χ3v) is 4.03. The number of carbonyl (C=O) groups is 2. The van der Waals surface area contributed by atoms with Crippen LogP contribution in [0.1, 0.15) is 29.4 Å². The molecule has 0 bridgehead atoms. The molecule has 0 radical (unpaired) electrons. The van der Waals surface area contributed by atoms with Gasteiger partial charge in [-0.2, -0.15) is 4.37 Å². The molecule has 1 fully saturated rings. The number of nitrogens with zero attached hydrogens (tertiary/aromatic N) is 1. The summed E-state index contributed by atoms with van der Waals surface area (Å²) in [5.41, 5.74) is 0.521. The lowest BCUT2D eigenvalue weighted by molar-refractivity contribution is -0.119. The molecule has 0 aliphatic carbocycles. The first kappa shape index (κ1) is 13.0. The molecular formula is C11H15N3O3S. The molecule has 2 rings (SSSR count). The van der Waals surface area contributed by atoms with Gasteiger partial charge in [-0.15, -0.1) is 0 Å². The maximum absolute atomic E-state index is 12.0. The predicted octanol–water partition coefficient (Wildman–Crippen LogP) is 1.09. The monoisotopic (exact) mass is 269 g/mol. The summed E-state index contributed by atoms with van der Waals surface area (Å²) in [5, 5.41) is 15.3. The van der Waals surface area contributed by atoms with Crippen LogP contribution in [-0.2, 0) is 4.79 Å². The molecule has 98 valence electrons. The first-order valence-corrected chi connectivity index (χ1v) is 6.52. The number of aromatic nitrogens is 1. The van der Waals surface area contributed by atoms with Gasteiger partial charge < -0.3 is 15.7 Å². The van der Waals surface area contributed by atoms with E-state index in [1.54, 1.807) is 6.92 Å². The second-order valence-electron chi connectivity index (χ2n) is 4.40. The standard InChI is InChI=1S/C11H15N3O3S/c1-5-7(3-4-12-5)9(15)13-10-8(11(16)17)6(2)14-18-10/h5,7,12H,3-4H2,1-2H3,(H,13,15)(H,16,17). The van der Waals surface area contributed by atoms with Gasteiger partial charge in [0, 0.05) is 6.04 Å². The summed E-state index contributed by atoms with van der Waals surface area (Å²) in [5.74, 6) is -1.32. The van der Waals surface area contributed by atoms with E-state index < -0.39 is 5.97 Å². The number of amides is 1. The second-order valence-corrected chi connectivity index (χ2v) is 5.18. The first-order chi connectivity index (χ1) is 8.50. The van der Waals surface area contributed by atoms with E-state index >= 15 is 0 Å². The Hall–Kier alpha value is -1.47. The van der Waals surface area contributed by atoms with Gasteiger partial charge in [0.15, 0.2) is 0 Å². The fourth-order valence-corrected chi connectivity index (χ4v) is 2.92. The van der Waals surface area contributed by atoms with E-state index in [1.807, 2.05) is 6.92 Å². The van der Waals surface area contributed by atoms with Crippen molar-refractivity contribution < 1.29 is 14.7 Å². The molecule has 1 amide bonds. The van der Waals surface area contributed by atoms with Crippen LogP contribution >= 0.6 is 11.5 Å². The van der Waals surface area contributed by atoms with Gasteiger partial charge in [0.25, 0.3) is 0 Å². The molecule has 0 saturated carbocycles. The zero-order valence-corrected chi connectivity index (χ0v) is 11.0. The minimum absolute atomic E-state index is 0.0898. The number of rotatable bonds is 3. The number of aryl methyl sites for hydroxylation is 1. The molecule has 7 heteroatoms. The number of hydrogen-bond acceptors (Lipinski definition) is 5. The summed E-state index contributed by atoms with van der Waals surface area (Å²) in [6, 6.07) is 0.118. The lowest BCUT2D eigenvalue weighted by atomic mass is 10.0. The van der Waals surface area contributed by atoms with Crippen LogP contribution in [0.3, 0.4) is 0 Å². The number of hydrogen-bond donors (Lipinski definition) is 3. The normalized spacial score (nSPS) is 23.0. The van der Waals surface area contributed by atoms with Crippen LogP contribution < -0.4 is 10.6 Å². The maximum Gasteiger partial charge on any atom is 0.340 e. The minimum atomic E-state index is -1.06. The average molecular weight is 269 g/mol. The molecule has 3 N–H and O–H groups in total. The molecule has 6 nitrogen and oxygen atoms in total. The topological polar surface area (TPSA) is 91.3 Å². The predicted molar refractivity (Wildman–Crippen MR) is 68.0 cm³/mol. The van der Waals surface area contributed by atoms with Crippen LogP contribution in [0.4, 0.5) is 5.00 Å². The van der Waals surface area contributed by atoms with Gasteiger partial charge in [-0.25, -0.2) is 4.79 Å². The number of anilines is 1. The molecule has 2 heterocycles. The number of aromatic carboxylic acids is 1. The van der Waals surface area contributed by atoms with Crippen LogP contribution in [0, 0.1) is 12.8 Å². The maximum atomic E-state index is 12.0. The van der Waals surface area contributed by atoms with Crippen LogP contribution in [0.5, 0.6) is 0 Å². The van der Waals surface area contributed by atoms with Crippen molar-refractivity contribution in [3.05, 3.63) is 11.3 Å². The van der Waals surface area contributed by atoms with Crippen molar-refractivity contribution in [3.8, 4) is 0 Å². The molecule has 0 aromatic carbocycles. The van der Waals surface area contributed by atoms with Crippen LogP contribution in [-0.4, -0.2) is 33.9 Å². The molecule has 0 spiro atoms. The summed E-state index contributed by atoms with van der Waals surface area (Å²) in [6.07, 6.45) is 0.771. The van der Waals surface area contributed by atoms with Gasteiger partial charge in [-0.3, -0.25) is 4.79 Å². The van der Waals surface area contributed by atoms with Crippen molar-refractivity contribution in [2.24, 2.45) is 5.92 Å². The molecule has 1 saturated heterocycles. The van der Waals surface area contributed by atoms with E-state index in [1.165, 1.54) is 0 Å². The van der Waals surface area contributed by atoms with Crippen molar-refractivity contribution in [2.45, 2.75) is 26.3 Å². The Bertz CT molecular complexity index is 486. The van der Waals surface area contributed by atoms with Crippen molar-refractivity contribution in [3.63, 3.8) is 0 Å². The molecule has 18 heavy (non-hydrogen) atoms. The van der Waals surface area contributed by atoms with Crippen LogP contribution in [0.15, 0.2) is 0 Å². The van der Waals surface area contributed by atoms with E-state index in [9.17, 15) is 9.59 Å². The van der Waals surface area contributed by atoms with Gasteiger partial charge in [0.05, 0.1) is 11.6 Å². The second kappa shape index (κ2) is 5.03. The molecule has 1 aromatic heterocycles. The highest BCUT2D eigenvalue weighted by molar-refractivity contribution is 7.11. The highest BCUT2D eigenvalue weighted by Crippen LogP contribution is 2.26. The largest absolute Gasteiger partial charge is 0.478 e. The summed E-state index contributed by atoms with van der Waals surface area (Å²) < 4.78 is 3.97. The number of nitrogens with one attached hydrogen (secondary N) is 2. The Morgan fingerprint density at radius 2 is 2.28 bits per heavy atom. The smallest absolute Gasteiger partial charge is 0.340 e. The van der Waals surface area contributed by atoms with Gasteiger partial charge in [-0.1, -0.05) is 0 Å². The summed E-state index contributed by atoms with van der Waals surface area (Å²) >= 11 is 1.01. The third-order valence-electron chi connectivity index (χ3n) is 3.18. The fraction of sp³-hybridized carbons (Fsp3) is 0.545. The van der Waals surface area contributed by atoms with Gasteiger partial charge >= 0.3 is 5.97 Å². The third kappa shape index (κ3) is 2.37. The zero-order valence-electron chi connectivity index (χ0n) is 10.2. The van der Waals surface area contributed by atoms with E-state index in [2.05, 4.69) is 15.0 Å². The SMILES string of the molecule is Cc1nsc(NC(=O)C2CCNC2C)c1C(=O)O. The number of carboxylic acids is 1. The Labute approximate surface area is 109 Å². The minimum Gasteiger partial charge on any atom is -0.478 e. The lowest BCUT2D eigenvalue weighted by Gasteiger charge is -2.14. The molecular weight excluding hydrogens is 254 g/mol. The Kier molecular flexibility index (Phi) is 3.63. The molecule has 2 unspecified atom stereocenters. The van der Waals surface area contributed by atoms with Crippen molar-refractivity contribution in [2.75, 3.05) is 11.9 Å². The highest BCUT2D eigenvalue weighted by Gasteiger charge is 2.30. The average Bonchev–Trinajstić information content (AvgIpc) is 2.85. The number of carbonyl (C=O) groups excluding carboxylic acids is 1. The van der Waals surface area contributed by atoms with E-state index in [-0.39, 0.29) is 23.4 Å². The van der Waals surface area contributed by atoms with Crippen molar-refractivity contribution in [1.29, 1.82) is 0 Å².